The molecule has 0 radical (unpaired) electrons. The van der Waals surface area contributed by atoms with Crippen LogP contribution in [0.25, 0.3) is 10.9 Å². The molecule has 10 heteroatoms. The van der Waals surface area contributed by atoms with Crippen LogP contribution in [-0.2, 0) is 16.1 Å². The Kier molecular flexibility index (Phi) is 5.87. The van der Waals surface area contributed by atoms with Crippen LogP contribution >= 0.6 is 0 Å². The Bertz CT molecular complexity index is 1260. The fraction of sp³-hybridized carbons (Fsp3) is 0.318. The van der Waals surface area contributed by atoms with E-state index in [-0.39, 0.29) is 23.5 Å². The number of amides is 1. The summed E-state index contributed by atoms with van der Waals surface area (Å²) in [4.78, 5) is 42.9. The van der Waals surface area contributed by atoms with E-state index in [0.717, 1.165) is 15.7 Å². The van der Waals surface area contributed by atoms with E-state index in [1.165, 1.54) is 12.4 Å². The monoisotopic (exact) mass is 437 g/mol. The molecule has 1 aliphatic rings. The molecule has 1 fully saturated rings. The minimum Gasteiger partial charge on any atom is -0.378 e. The summed E-state index contributed by atoms with van der Waals surface area (Å²) < 4.78 is 6.47. The fourth-order valence-electron chi connectivity index (χ4n) is 3.73. The van der Waals surface area contributed by atoms with Crippen molar-refractivity contribution < 1.29 is 14.5 Å². The molecule has 1 aromatic heterocycles. The van der Waals surface area contributed by atoms with Crippen LogP contribution in [0.15, 0.2) is 41.5 Å². The van der Waals surface area contributed by atoms with Crippen LogP contribution in [-0.4, -0.2) is 46.7 Å². The second-order valence-corrected chi connectivity index (χ2v) is 7.69. The highest BCUT2D eigenvalue weighted by molar-refractivity contribution is 5.92. The lowest BCUT2D eigenvalue weighted by Gasteiger charge is -2.28. The summed E-state index contributed by atoms with van der Waals surface area (Å²) >= 11 is 0. The first kappa shape index (κ1) is 21.4. The van der Waals surface area contributed by atoms with Gasteiger partial charge >= 0.3 is 0 Å². The van der Waals surface area contributed by atoms with Crippen LogP contribution in [0.3, 0.4) is 0 Å². The molecule has 1 amide bonds. The summed E-state index contributed by atoms with van der Waals surface area (Å²) in [7, 11) is 0. The molecule has 4 rings (SSSR count). The Labute approximate surface area is 183 Å². The quantitative estimate of drug-likeness (QED) is 0.481. The Hall–Kier alpha value is -3.79. The van der Waals surface area contributed by atoms with E-state index in [9.17, 15) is 19.7 Å². The number of nitrogens with one attached hydrogen (secondary N) is 1. The summed E-state index contributed by atoms with van der Waals surface area (Å²) in [5, 5.41) is 14.6. The van der Waals surface area contributed by atoms with E-state index in [0.29, 0.717) is 43.2 Å². The standard InChI is InChI=1S/C22H23N5O5/c1-14-4-3-5-17(15(14)2)24-21(28)12-26-13-23-18-11-19(25-6-8-32-9-7-25)20(27(30)31)10-16(18)22(26)29/h3-5,10-11,13H,6-9,12H2,1-2H3,(H,24,28). The van der Waals surface area contributed by atoms with Gasteiger partial charge in [-0.1, -0.05) is 12.1 Å². The molecule has 1 N–H and O–H groups in total. The summed E-state index contributed by atoms with van der Waals surface area (Å²) in [6.45, 7) is 5.57. The zero-order valence-electron chi connectivity index (χ0n) is 17.8. The minimum absolute atomic E-state index is 0.0933. The molecule has 0 bridgehead atoms. The van der Waals surface area contributed by atoms with Crippen molar-refractivity contribution in [3.8, 4) is 0 Å². The number of benzene rings is 2. The number of carbonyl (C=O) groups is 1. The fourth-order valence-corrected chi connectivity index (χ4v) is 3.73. The highest BCUT2D eigenvalue weighted by Crippen LogP contribution is 2.31. The second kappa shape index (κ2) is 8.75. The SMILES string of the molecule is Cc1cccc(NC(=O)Cn2cnc3cc(N4CCOCC4)c([N+](=O)[O-])cc3c2=O)c1C. The molecule has 1 aliphatic heterocycles. The number of hydrogen-bond acceptors (Lipinski definition) is 7. The third-order valence-electron chi connectivity index (χ3n) is 5.66. The van der Waals surface area contributed by atoms with Crippen molar-refractivity contribution in [2.24, 2.45) is 0 Å². The van der Waals surface area contributed by atoms with E-state index in [1.807, 2.05) is 30.9 Å². The van der Waals surface area contributed by atoms with Crippen molar-refractivity contribution in [1.82, 2.24) is 9.55 Å². The Morgan fingerprint density at radius 2 is 2.00 bits per heavy atom. The topological polar surface area (TPSA) is 120 Å². The molecule has 2 heterocycles. The molecule has 0 unspecified atom stereocenters. The van der Waals surface area contributed by atoms with E-state index in [2.05, 4.69) is 10.3 Å². The maximum atomic E-state index is 13.0. The zero-order valence-corrected chi connectivity index (χ0v) is 17.8. The van der Waals surface area contributed by atoms with Gasteiger partial charge in [-0.2, -0.15) is 0 Å². The summed E-state index contributed by atoms with van der Waals surface area (Å²) in [5.74, 6) is -0.388. The lowest BCUT2D eigenvalue weighted by atomic mass is 10.1. The predicted octanol–water partition coefficient (Wildman–Crippen LogP) is 2.40. The molecule has 0 saturated carbocycles. The summed E-state index contributed by atoms with van der Waals surface area (Å²) in [6, 6.07) is 8.38. The van der Waals surface area contributed by atoms with Gasteiger partial charge in [0.05, 0.1) is 35.4 Å². The molecule has 166 valence electrons. The van der Waals surface area contributed by atoms with Crippen LogP contribution in [0.1, 0.15) is 11.1 Å². The van der Waals surface area contributed by atoms with Gasteiger partial charge in [0, 0.05) is 24.8 Å². The number of nitro benzene ring substituents is 1. The maximum absolute atomic E-state index is 13.0. The third kappa shape index (κ3) is 4.17. The Morgan fingerprint density at radius 3 is 2.72 bits per heavy atom. The molecule has 0 spiro atoms. The van der Waals surface area contributed by atoms with Gasteiger partial charge in [0.25, 0.3) is 11.2 Å². The first-order valence-electron chi connectivity index (χ1n) is 10.2. The van der Waals surface area contributed by atoms with Crippen molar-refractivity contribution in [3.05, 3.63) is 68.3 Å². The number of carbonyl (C=O) groups excluding carboxylic acids is 1. The number of nitrogens with zero attached hydrogens (tertiary/aromatic N) is 4. The van der Waals surface area contributed by atoms with E-state index >= 15 is 0 Å². The van der Waals surface area contributed by atoms with E-state index < -0.39 is 10.5 Å². The summed E-state index contributed by atoms with van der Waals surface area (Å²) in [6.07, 6.45) is 1.29. The smallest absolute Gasteiger partial charge is 0.293 e. The first-order valence-corrected chi connectivity index (χ1v) is 10.2. The Morgan fingerprint density at radius 1 is 1.25 bits per heavy atom. The zero-order chi connectivity index (χ0) is 22.8. The van der Waals surface area contributed by atoms with Crippen LogP contribution in [0.2, 0.25) is 0 Å². The molecule has 32 heavy (non-hydrogen) atoms. The van der Waals surface area contributed by atoms with Gasteiger partial charge in [-0.05, 0) is 37.1 Å². The largest absolute Gasteiger partial charge is 0.378 e. The highest BCUT2D eigenvalue weighted by atomic mass is 16.6. The number of anilines is 2. The van der Waals surface area contributed by atoms with E-state index in [1.54, 1.807) is 12.1 Å². The molecular formula is C22H23N5O5. The molecule has 2 aromatic carbocycles. The summed E-state index contributed by atoms with van der Waals surface area (Å²) in [5.41, 5.74) is 2.71. The third-order valence-corrected chi connectivity index (χ3v) is 5.66. The number of nitro groups is 1. The van der Waals surface area contributed by atoms with Gasteiger partial charge in [-0.3, -0.25) is 24.3 Å². The van der Waals surface area contributed by atoms with Gasteiger partial charge in [-0.25, -0.2) is 4.98 Å². The van der Waals surface area contributed by atoms with Gasteiger partial charge in [0.2, 0.25) is 5.91 Å². The number of morpholine rings is 1. The number of rotatable bonds is 5. The number of aromatic nitrogens is 2. The highest BCUT2D eigenvalue weighted by Gasteiger charge is 2.24. The average molecular weight is 437 g/mol. The average Bonchev–Trinajstić information content (AvgIpc) is 2.78. The van der Waals surface area contributed by atoms with Crippen LogP contribution in [0.4, 0.5) is 17.1 Å². The number of fused-ring (bicyclic) bond motifs is 1. The van der Waals surface area contributed by atoms with Crippen LogP contribution < -0.4 is 15.8 Å². The van der Waals surface area contributed by atoms with Crippen molar-refractivity contribution in [2.45, 2.75) is 20.4 Å². The van der Waals surface area contributed by atoms with Crippen molar-refractivity contribution in [2.75, 3.05) is 36.5 Å². The van der Waals surface area contributed by atoms with Crippen molar-refractivity contribution in [1.29, 1.82) is 0 Å². The second-order valence-electron chi connectivity index (χ2n) is 7.69. The maximum Gasteiger partial charge on any atom is 0.293 e. The predicted molar refractivity (Wildman–Crippen MR) is 120 cm³/mol. The number of aryl methyl sites for hydroxylation is 1. The molecule has 0 aliphatic carbocycles. The van der Waals surface area contributed by atoms with Crippen LogP contribution in [0.5, 0.6) is 0 Å². The van der Waals surface area contributed by atoms with Gasteiger partial charge in [0.15, 0.2) is 0 Å². The number of ether oxygens (including phenoxy) is 1. The van der Waals surface area contributed by atoms with Gasteiger partial charge in [0.1, 0.15) is 12.2 Å². The molecule has 1 saturated heterocycles. The molecular weight excluding hydrogens is 414 g/mol. The lowest BCUT2D eigenvalue weighted by Crippen LogP contribution is -2.36. The lowest BCUT2D eigenvalue weighted by molar-refractivity contribution is -0.384. The van der Waals surface area contributed by atoms with Gasteiger partial charge in [-0.15, -0.1) is 0 Å². The van der Waals surface area contributed by atoms with Crippen molar-refractivity contribution in [3.63, 3.8) is 0 Å². The molecule has 3 aromatic rings. The molecule has 10 nitrogen and oxygen atoms in total. The van der Waals surface area contributed by atoms with Crippen LogP contribution in [0, 0.1) is 24.0 Å². The molecule has 0 atom stereocenters. The number of hydrogen-bond donors (Lipinski definition) is 1. The van der Waals surface area contributed by atoms with Gasteiger partial charge < -0.3 is 15.0 Å². The minimum atomic E-state index is -0.511. The Balaban J connectivity index is 1.66. The first-order chi connectivity index (χ1) is 15.3. The van der Waals surface area contributed by atoms with Crippen molar-refractivity contribution >= 4 is 33.9 Å². The normalized spacial score (nSPS) is 13.9. The van der Waals surface area contributed by atoms with E-state index in [4.69, 9.17) is 4.74 Å².